The van der Waals surface area contributed by atoms with Gasteiger partial charge in [0.15, 0.2) is 0 Å². The van der Waals surface area contributed by atoms with E-state index in [1.807, 2.05) is 19.1 Å². The van der Waals surface area contributed by atoms with E-state index in [4.69, 9.17) is 5.73 Å². The zero-order valence-corrected chi connectivity index (χ0v) is 12.3. The van der Waals surface area contributed by atoms with Crippen molar-refractivity contribution in [3.05, 3.63) is 35.4 Å². The summed E-state index contributed by atoms with van der Waals surface area (Å²) in [7, 11) is 3.36. The third kappa shape index (κ3) is 4.66. The first-order chi connectivity index (χ1) is 9.47. The van der Waals surface area contributed by atoms with E-state index in [-0.39, 0.29) is 17.9 Å². The van der Waals surface area contributed by atoms with E-state index in [1.54, 1.807) is 31.1 Å². The Labute approximate surface area is 120 Å². The number of hydrogen-bond acceptors (Lipinski definition) is 3. The lowest BCUT2D eigenvalue weighted by Gasteiger charge is -2.19. The smallest absolute Gasteiger partial charge is 0.251 e. The van der Waals surface area contributed by atoms with Crippen molar-refractivity contribution in [1.82, 2.24) is 10.2 Å². The van der Waals surface area contributed by atoms with E-state index >= 15 is 0 Å². The summed E-state index contributed by atoms with van der Waals surface area (Å²) < 4.78 is 0. The lowest BCUT2D eigenvalue weighted by Crippen LogP contribution is -2.32. The maximum Gasteiger partial charge on any atom is 0.251 e. The van der Waals surface area contributed by atoms with Crippen LogP contribution in [0.4, 0.5) is 0 Å². The molecule has 0 radical (unpaired) electrons. The number of benzene rings is 1. The maximum absolute atomic E-state index is 11.9. The lowest BCUT2D eigenvalue weighted by atomic mass is 10.1. The Kier molecular flexibility index (Phi) is 6.18. The molecule has 0 aromatic heterocycles. The van der Waals surface area contributed by atoms with Crippen LogP contribution in [-0.4, -0.2) is 36.9 Å². The van der Waals surface area contributed by atoms with Crippen LogP contribution in [0.25, 0.3) is 0 Å². The van der Waals surface area contributed by atoms with Crippen LogP contribution in [0, 0.1) is 0 Å². The van der Waals surface area contributed by atoms with Gasteiger partial charge < -0.3 is 16.0 Å². The third-order valence-corrected chi connectivity index (χ3v) is 3.25. The van der Waals surface area contributed by atoms with Crippen LogP contribution in [-0.2, 0) is 11.3 Å². The molecule has 0 heterocycles. The number of rotatable bonds is 6. The van der Waals surface area contributed by atoms with E-state index in [2.05, 4.69) is 5.32 Å². The van der Waals surface area contributed by atoms with E-state index in [0.29, 0.717) is 18.5 Å². The van der Waals surface area contributed by atoms with Gasteiger partial charge in [-0.15, -0.1) is 0 Å². The van der Waals surface area contributed by atoms with Gasteiger partial charge in [-0.3, -0.25) is 9.59 Å². The predicted molar refractivity (Wildman–Crippen MR) is 79.2 cm³/mol. The molecule has 3 N–H and O–H groups in total. The standard InChI is InChI=1S/C15H23N3O2/c1-4-13(16)9-14(19)18(3)10-11-5-7-12(8-6-11)15(20)17-2/h5-8,13H,4,9-10,16H2,1-3H3,(H,17,20). The van der Waals surface area contributed by atoms with Gasteiger partial charge in [0.2, 0.25) is 5.91 Å². The van der Waals surface area contributed by atoms with Crippen LogP contribution in [0.2, 0.25) is 0 Å². The molecular weight excluding hydrogens is 254 g/mol. The Morgan fingerprint density at radius 1 is 1.30 bits per heavy atom. The van der Waals surface area contributed by atoms with E-state index < -0.39 is 0 Å². The molecule has 0 fully saturated rings. The summed E-state index contributed by atoms with van der Waals surface area (Å²) in [5.41, 5.74) is 7.38. The van der Waals surface area contributed by atoms with Gasteiger partial charge in [0.1, 0.15) is 0 Å². The first-order valence-corrected chi connectivity index (χ1v) is 6.78. The highest BCUT2D eigenvalue weighted by Gasteiger charge is 2.13. The van der Waals surface area contributed by atoms with Gasteiger partial charge in [0.05, 0.1) is 0 Å². The molecule has 1 rings (SSSR count). The molecule has 1 atom stereocenters. The van der Waals surface area contributed by atoms with Crippen molar-refractivity contribution in [2.75, 3.05) is 14.1 Å². The summed E-state index contributed by atoms with van der Waals surface area (Å²) in [5.74, 6) is -0.0790. The van der Waals surface area contributed by atoms with Gasteiger partial charge in [-0.1, -0.05) is 19.1 Å². The molecule has 0 spiro atoms. The maximum atomic E-state index is 11.9. The average molecular weight is 277 g/mol. The minimum atomic E-state index is -0.116. The van der Waals surface area contributed by atoms with Crippen molar-refractivity contribution in [2.45, 2.75) is 32.4 Å². The van der Waals surface area contributed by atoms with Gasteiger partial charge in [0, 0.05) is 38.7 Å². The largest absolute Gasteiger partial charge is 0.355 e. The average Bonchev–Trinajstić information content (AvgIpc) is 2.46. The molecule has 0 aliphatic carbocycles. The van der Waals surface area contributed by atoms with Gasteiger partial charge >= 0.3 is 0 Å². The van der Waals surface area contributed by atoms with E-state index in [1.165, 1.54) is 0 Å². The van der Waals surface area contributed by atoms with Crippen LogP contribution in [0.15, 0.2) is 24.3 Å². The van der Waals surface area contributed by atoms with Crippen LogP contribution < -0.4 is 11.1 Å². The second-order valence-electron chi connectivity index (χ2n) is 4.90. The molecule has 0 saturated heterocycles. The number of amides is 2. The zero-order valence-electron chi connectivity index (χ0n) is 12.3. The topological polar surface area (TPSA) is 75.4 Å². The number of hydrogen-bond donors (Lipinski definition) is 2. The summed E-state index contributed by atoms with van der Waals surface area (Å²) >= 11 is 0. The number of nitrogens with two attached hydrogens (primary N) is 1. The van der Waals surface area contributed by atoms with Gasteiger partial charge in [-0.25, -0.2) is 0 Å². The fourth-order valence-corrected chi connectivity index (χ4v) is 1.79. The fourth-order valence-electron chi connectivity index (χ4n) is 1.79. The van der Waals surface area contributed by atoms with Gasteiger partial charge in [-0.2, -0.15) is 0 Å². The lowest BCUT2D eigenvalue weighted by molar-refractivity contribution is -0.130. The van der Waals surface area contributed by atoms with E-state index in [0.717, 1.165) is 12.0 Å². The highest BCUT2D eigenvalue weighted by Crippen LogP contribution is 2.08. The first-order valence-electron chi connectivity index (χ1n) is 6.78. The predicted octanol–water partition coefficient (Wildman–Crippen LogP) is 1.13. The summed E-state index contributed by atoms with van der Waals surface area (Å²) in [6, 6.07) is 7.14. The Morgan fingerprint density at radius 2 is 1.90 bits per heavy atom. The highest BCUT2D eigenvalue weighted by atomic mass is 16.2. The normalized spacial score (nSPS) is 11.8. The number of nitrogens with zero attached hydrogens (tertiary/aromatic N) is 1. The van der Waals surface area contributed by atoms with Crippen LogP contribution in [0.5, 0.6) is 0 Å². The molecule has 20 heavy (non-hydrogen) atoms. The van der Waals surface area contributed by atoms with Crippen LogP contribution >= 0.6 is 0 Å². The monoisotopic (exact) mass is 277 g/mol. The molecular formula is C15H23N3O2. The van der Waals surface area contributed by atoms with Crippen molar-refractivity contribution < 1.29 is 9.59 Å². The molecule has 110 valence electrons. The van der Waals surface area contributed by atoms with Crippen molar-refractivity contribution in [1.29, 1.82) is 0 Å². The summed E-state index contributed by atoms with van der Waals surface area (Å²) in [6.45, 7) is 2.48. The number of carbonyl (C=O) groups is 2. The highest BCUT2D eigenvalue weighted by molar-refractivity contribution is 5.93. The molecule has 1 aromatic carbocycles. The molecule has 5 heteroatoms. The summed E-state index contributed by atoms with van der Waals surface area (Å²) in [4.78, 5) is 25.0. The van der Waals surface area contributed by atoms with Crippen molar-refractivity contribution in [3.8, 4) is 0 Å². The summed E-state index contributed by atoms with van der Waals surface area (Å²) in [5, 5.41) is 2.57. The second kappa shape index (κ2) is 7.65. The quantitative estimate of drug-likeness (QED) is 0.818. The minimum Gasteiger partial charge on any atom is -0.355 e. The SMILES string of the molecule is CCC(N)CC(=O)N(C)Cc1ccc(C(=O)NC)cc1. The number of nitrogens with one attached hydrogen (secondary N) is 1. The van der Waals surface area contributed by atoms with Crippen molar-refractivity contribution in [3.63, 3.8) is 0 Å². The molecule has 0 bridgehead atoms. The second-order valence-corrected chi connectivity index (χ2v) is 4.90. The molecule has 1 aromatic rings. The van der Waals surface area contributed by atoms with Crippen LogP contribution in [0.3, 0.4) is 0 Å². The Bertz CT molecular complexity index is 457. The van der Waals surface area contributed by atoms with Crippen molar-refractivity contribution >= 4 is 11.8 Å². The minimum absolute atomic E-state index is 0.0368. The Balaban J connectivity index is 2.60. The molecule has 5 nitrogen and oxygen atoms in total. The zero-order chi connectivity index (χ0) is 15.1. The van der Waals surface area contributed by atoms with Crippen LogP contribution in [0.1, 0.15) is 35.7 Å². The fraction of sp³-hybridized carbons (Fsp3) is 0.467. The van der Waals surface area contributed by atoms with Crippen molar-refractivity contribution in [2.24, 2.45) is 5.73 Å². The van der Waals surface area contributed by atoms with E-state index in [9.17, 15) is 9.59 Å². The molecule has 0 aliphatic heterocycles. The third-order valence-electron chi connectivity index (χ3n) is 3.25. The molecule has 1 unspecified atom stereocenters. The molecule has 0 saturated carbocycles. The molecule has 2 amide bonds. The van der Waals surface area contributed by atoms with Gasteiger partial charge in [-0.05, 0) is 24.1 Å². The number of carbonyl (C=O) groups excluding carboxylic acids is 2. The molecule has 0 aliphatic rings. The summed E-state index contributed by atoms with van der Waals surface area (Å²) in [6.07, 6.45) is 1.16. The Hall–Kier alpha value is -1.88. The first kappa shape index (κ1) is 16.2. The van der Waals surface area contributed by atoms with Gasteiger partial charge in [0.25, 0.3) is 5.91 Å². The Morgan fingerprint density at radius 3 is 2.40 bits per heavy atom.